The number of rotatable bonds is 7. The van der Waals surface area contributed by atoms with E-state index in [1.54, 1.807) is 0 Å². The van der Waals surface area contributed by atoms with E-state index in [4.69, 9.17) is 5.73 Å². The Morgan fingerprint density at radius 2 is 1.88 bits per heavy atom. The van der Waals surface area contributed by atoms with Crippen LogP contribution in [0.5, 0.6) is 0 Å². The molecule has 0 bridgehead atoms. The molecule has 0 radical (unpaired) electrons. The third-order valence-corrected chi connectivity index (χ3v) is 3.03. The molecule has 0 heterocycles. The van der Waals surface area contributed by atoms with Gasteiger partial charge in [0, 0.05) is 12.6 Å². The van der Waals surface area contributed by atoms with Gasteiger partial charge in [-0.15, -0.1) is 0 Å². The standard InChI is InChI=1S/C14H24N2/c1-3-14(15)10-12-16(2)11-9-13-7-5-4-6-8-13/h4-8,14H,3,9-12,15H2,1-2H3. The Balaban J connectivity index is 2.18. The Kier molecular flexibility index (Phi) is 6.12. The minimum absolute atomic E-state index is 0.360. The first-order valence-electron chi connectivity index (χ1n) is 6.20. The maximum absolute atomic E-state index is 5.90. The number of likely N-dealkylation sites (N-methyl/N-ethyl adjacent to an activating group) is 1. The highest BCUT2D eigenvalue weighted by Gasteiger charge is 2.03. The van der Waals surface area contributed by atoms with Crippen LogP contribution < -0.4 is 5.73 Å². The average Bonchev–Trinajstić information content (AvgIpc) is 2.34. The van der Waals surface area contributed by atoms with Crippen LogP contribution in [-0.4, -0.2) is 31.1 Å². The molecule has 2 heteroatoms. The molecule has 16 heavy (non-hydrogen) atoms. The predicted octanol–water partition coefficient (Wildman–Crippen LogP) is 2.29. The van der Waals surface area contributed by atoms with Gasteiger partial charge in [0.05, 0.1) is 0 Å². The van der Waals surface area contributed by atoms with E-state index in [0.717, 1.165) is 32.4 Å². The first-order valence-corrected chi connectivity index (χ1v) is 6.20. The number of hydrogen-bond donors (Lipinski definition) is 1. The van der Waals surface area contributed by atoms with E-state index in [0.29, 0.717) is 6.04 Å². The van der Waals surface area contributed by atoms with Crippen molar-refractivity contribution in [3.05, 3.63) is 35.9 Å². The zero-order chi connectivity index (χ0) is 11.8. The number of nitrogens with zero attached hydrogens (tertiary/aromatic N) is 1. The summed E-state index contributed by atoms with van der Waals surface area (Å²) in [4.78, 5) is 2.36. The van der Waals surface area contributed by atoms with E-state index in [2.05, 4.69) is 49.2 Å². The molecule has 1 unspecified atom stereocenters. The summed E-state index contributed by atoms with van der Waals surface area (Å²) in [5, 5.41) is 0. The Hall–Kier alpha value is -0.860. The van der Waals surface area contributed by atoms with E-state index in [-0.39, 0.29) is 0 Å². The van der Waals surface area contributed by atoms with Crippen molar-refractivity contribution in [1.82, 2.24) is 4.90 Å². The zero-order valence-corrected chi connectivity index (χ0v) is 10.5. The minimum Gasteiger partial charge on any atom is -0.328 e. The monoisotopic (exact) mass is 220 g/mol. The summed E-state index contributed by atoms with van der Waals surface area (Å²) < 4.78 is 0. The Morgan fingerprint density at radius 3 is 2.50 bits per heavy atom. The van der Waals surface area contributed by atoms with Gasteiger partial charge in [0.2, 0.25) is 0 Å². The quantitative estimate of drug-likeness (QED) is 0.764. The summed E-state index contributed by atoms with van der Waals surface area (Å²) in [5.41, 5.74) is 7.31. The van der Waals surface area contributed by atoms with Gasteiger partial charge in [-0.25, -0.2) is 0 Å². The van der Waals surface area contributed by atoms with Gasteiger partial charge >= 0.3 is 0 Å². The molecule has 2 N–H and O–H groups in total. The average molecular weight is 220 g/mol. The van der Waals surface area contributed by atoms with Gasteiger partial charge in [-0.2, -0.15) is 0 Å². The Bertz CT molecular complexity index is 271. The van der Waals surface area contributed by atoms with Crippen LogP contribution in [0, 0.1) is 0 Å². The summed E-state index contributed by atoms with van der Waals surface area (Å²) in [5.74, 6) is 0. The molecule has 1 aromatic carbocycles. The van der Waals surface area contributed by atoms with E-state index in [9.17, 15) is 0 Å². The molecule has 1 atom stereocenters. The van der Waals surface area contributed by atoms with Crippen molar-refractivity contribution in [3.8, 4) is 0 Å². The lowest BCUT2D eigenvalue weighted by atomic mass is 10.1. The first kappa shape index (κ1) is 13.2. The third kappa shape index (κ3) is 5.29. The lowest BCUT2D eigenvalue weighted by Gasteiger charge is -2.18. The molecule has 1 rings (SSSR count). The number of benzene rings is 1. The molecule has 0 saturated carbocycles. The third-order valence-electron chi connectivity index (χ3n) is 3.03. The first-order chi connectivity index (χ1) is 7.72. The van der Waals surface area contributed by atoms with E-state index >= 15 is 0 Å². The van der Waals surface area contributed by atoms with Crippen molar-refractivity contribution in [1.29, 1.82) is 0 Å². The fourth-order valence-electron chi connectivity index (χ4n) is 1.67. The minimum atomic E-state index is 0.360. The second kappa shape index (κ2) is 7.42. The van der Waals surface area contributed by atoms with Crippen molar-refractivity contribution < 1.29 is 0 Å². The van der Waals surface area contributed by atoms with E-state index in [1.807, 2.05) is 0 Å². The fraction of sp³-hybridized carbons (Fsp3) is 0.571. The second-order valence-corrected chi connectivity index (χ2v) is 4.50. The maximum Gasteiger partial charge on any atom is 0.00483 e. The van der Waals surface area contributed by atoms with Crippen LogP contribution in [0.3, 0.4) is 0 Å². The van der Waals surface area contributed by atoms with Crippen LogP contribution in [0.2, 0.25) is 0 Å². The molecule has 2 nitrogen and oxygen atoms in total. The molecule has 0 aromatic heterocycles. The molecule has 0 amide bonds. The summed E-state index contributed by atoms with van der Waals surface area (Å²) in [6.45, 7) is 4.36. The molecule has 0 aliphatic carbocycles. The summed E-state index contributed by atoms with van der Waals surface area (Å²) >= 11 is 0. The number of nitrogens with two attached hydrogens (primary N) is 1. The second-order valence-electron chi connectivity index (χ2n) is 4.50. The molecule has 0 saturated heterocycles. The summed E-state index contributed by atoms with van der Waals surface area (Å²) in [6, 6.07) is 11.0. The zero-order valence-electron chi connectivity index (χ0n) is 10.5. The van der Waals surface area contributed by atoms with Gasteiger partial charge in [-0.1, -0.05) is 37.3 Å². The molecule has 0 spiro atoms. The van der Waals surface area contributed by atoms with Crippen LogP contribution >= 0.6 is 0 Å². The Morgan fingerprint density at radius 1 is 1.19 bits per heavy atom. The lowest BCUT2D eigenvalue weighted by Crippen LogP contribution is -2.28. The van der Waals surface area contributed by atoms with Gasteiger partial charge in [0.25, 0.3) is 0 Å². The van der Waals surface area contributed by atoms with E-state index < -0.39 is 0 Å². The van der Waals surface area contributed by atoms with E-state index in [1.165, 1.54) is 5.56 Å². The van der Waals surface area contributed by atoms with Crippen molar-refractivity contribution in [3.63, 3.8) is 0 Å². The van der Waals surface area contributed by atoms with Crippen molar-refractivity contribution in [2.45, 2.75) is 32.2 Å². The highest BCUT2D eigenvalue weighted by Crippen LogP contribution is 2.02. The normalized spacial score (nSPS) is 13.0. The van der Waals surface area contributed by atoms with Gasteiger partial charge in [0.1, 0.15) is 0 Å². The molecular formula is C14H24N2. The van der Waals surface area contributed by atoms with Gasteiger partial charge < -0.3 is 10.6 Å². The molecule has 0 aliphatic rings. The summed E-state index contributed by atoms with van der Waals surface area (Å²) in [6.07, 6.45) is 3.30. The van der Waals surface area contributed by atoms with Crippen molar-refractivity contribution in [2.75, 3.05) is 20.1 Å². The van der Waals surface area contributed by atoms with Crippen LogP contribution in [0.1, 0.15) is 25.3 Å². The SMILES string of the molecule is CCC(N)CCN(C)CCc1ccccc1. The smallest absolute Gasteiger partial charge is 0.00483 e. The largest absolute Gasteiger partial charge is 0.328 e. The maximum atomic E-state index is 5.90. The molecule has 1 aromatic rings. The van der Waals surface area contributed by atoms with Gasteiger partial charge in [-0.05, 0) is 38.4 Å². The number of hydrogen-bond acceptors (Lipinski definition) is 2. The Labute approximate surface area is 99.5 Å². The predicted molar refractivity (Wildman–Crippen MR) is 70.5 cm³/mol. The molecule has 0 aliphatic heterocycles. The molecular weight excluding hydrogens is 196 g/mol. The molecule has 0 fully saturated rings. The van der Waals surface area contributed by atoms with Gasteiger partial charge in [0.15, 0.2) is 0 Å². The highest BCUT2D eigenvalue weighted by atomic mass is 15.1. The fourth-order valence-corrected chi connectivity index (χ4v) is 1.67. The van der Waals surface area contributed by atoms with Crippen LogP contribution in [0.15, 0.2) is 30.3 Å². The summed E-state index contributed by atoms with van der Waals surface area (Å²) in [7, 11) is 2.17. The molecule has 90 valence electrons. The van der Waals surface area contributed by atoms with Gasteiger partial charge in [-0.3, -0.25) is 0 Å². The highest BCUT2D eigenvalue weighted by molar-refractivity contribution is 5.14. The van der Waals surface area contributed by atoms with Crippen molar-refractivity contribution in [2.24, 2.45) is 5.73 Å². The lowest BCUT2D eigenvalue weighted by molar-refractivity contribution is 0.320. The topological polar surface area (TPSA) is 29.3 Å². The van der Waals surface area contributed by atoms with Crippen LogP contribution in [-0.2, 0) is 6.42 Å². The van der Waals surface area contributed by atoms with Crippen LogP contribution in [0.4, 0.5) is 0 Å². The van der Waals surface area contributed by atoms with Crippen molar-refractivity contribution >= 4 is 0 Å². The van der Waals surface area contributed by atoms with Crippen LogP contribution in [0.25, 0.3) is 0 Å².